The molecule has 4 rings (SSSR count). The van der Waals surface area contributed by atoms with Gasteiger partial charge in [-0.25, -0.2) is 0 Å². The highest BCUT2D eigenvalue weighted by Crippen LogP contribution is 2.40. The van der Waals surface area contributed by atoms with Crippen LogP contribution in [-0.4, -0.2) is 34.4 Å². The minimum atomic E-state index is -2.10. The molecule has 0 aromatic heterocycles. The summed E-state index contributed by atoms with van der Waals surface area (Å²) in [7, 11) is -2.10. The molecule has 4 aromatic carbocycles. The van der Waals surface area contributed by atoms with Crippen LogP contribution in [0.4, 0.5) is 11.4 Å². The van der Waals surface area contributed by atoms with Gasteiger partial charge in [0.05, 0.1) is 11.8 Å². The second-order valence-corrected chi connectivity index (χ2v) is 18.0. The molecule has 2 atom stereocenters. The summed E-state index contributed by atoms with van der Waals surface area (Å²) < 4.78 is 13.0. The van der Waals surface area contributed by atoms with Crippen molar-refractivity contribution in [3.8, 4) is 5.75 Å². The van der Waals surface area contributed by atoms with Gasteiger partial charge in [0.2, 0.25) is 6.41 Å². The van der Waals surface area contributed by atoms with E-state index < -0.39 is 8.32 Å². The second-order valence-electron chi connectivity index (χ2n) is 13.2. The molecule has 0 saturated carbocycles. The lowest BCUT2D eigenvalue weighted by Crippen LogP contribution is -2.43. The first-order chi connectivity index (χ1) is 22.1. The maximum Gasteiger partial charge on any atom is 0.211 e. The van der Waals surface area contributed by atoms with E-state index in [-0.39, 0.29) is 17.2 Å². The van der Waals surface area contributed by atoms with Crippen molar-refractivity contribution in [1.29, 1.82) is 0 Å². The molecule has 0 fully saturated rings. The third-order valence-corrected chi connectivity index (χ3v) is 13.2. The molecule has 0 saturated heterocycles. The SMILES string of the molecule is CC(C)(C)[Si](C)(C)O[C@@H](CNCCc1ccc(NC[C@@H](N)c2ccccc2)cc1)c1ccc(OCc2ccccc2)c(NC=O)c1. The van der Waals surface area contributed by atoms with E-state index in [1.165, 1.54) is 5.56 Å². The van der Waals surface area contributed by atoms with Crippen LogP contribution in [0.2, 0.25) is 18.1 Å². The molecular weight excluding hydrogens is 589 g/mol. The van der Waals surface area contributed by atoms with Crippen LogP contribution in [0, 0.1) is 0 Å². The number of ether oxygens (including phenoxy) is 1. The molecule has 0 spiro atoms. The molecule has 0 aliphatic heterocycles. The topological polar surface area (TPSA) is 97.6 Å². The lowest BCUT2D eigenvalue weighted by molar-refractivity contribution is -0.105. The maximum absolute atomic E-state index is 11.5. The van der Waals surface area contributed by atoms with Crippen molar-refractivity contribution in [3.63, 3.8) is 0 Å². The van der Waals surface area contributed by atoms with Gasteiger partial charge in [-0.2, -0.15) is 0 Å². The minimum Gasteiger partial charge on any atom is -0.487 e. The van der Waals surface area contributed by atoms with Crippen LogP contribution in [0.5, 0.6) is 5.75 Å². The number of rotatable bonds is 17. The zero-order valence-electron chi connectivity index (χ0n) is 27.9. The number of anilines is 2. The average molecular weight is 639 g/mol. The summed E-state index contributed by atoms with van der Waals surface area (Å²) in [6, 6.07) is 34.6. The fourth-order valence-electron chi connectivity index (χ4n) is 4.85. The quantitative estimate of drug-likeness (QED) is 0.0535. The van der Waals surface area contributed by atoms with E-state index >= 15 is 0 Å². The zero-order chi connectivity index (χ0) is 33.0. The number of hydrogen-bond donors (Lipinski definition) is 4. The number of benzene rings is 4. The molecule has 0 bridgehead atoms. The van der Waals surface area contributed by atoms with Crippen molar-refractivity contribution in [2.45, 2.75) is 64.1 Å². The van der Waals surface area contributed by atoms with Crippen LogP contribution in [0.15, 0.2) is 103 Å². The normalized spacial score (nSPS) is 13.1. The van der Waals surface area contributed by atoms with Crippen LogP contribution in [-0.2, 0) is 22.2 Å². The van der Waals surface area contributed by atoms with Crippen LogP contribution >= 0.6 is 0 Å². The van der Waals surface area contributed by atoms with Gasteiger partial charge >= 0.3 is 0 Å². The number of nitrogens with two attached hydrogens (primary N) is 1. The van der Waals surface area contributed by atoms with Crippen molar-refractivity contribution >= 4 is 26.1 Å². The Morgan fingerprint density at radius 3 is 2.15 bits per heavy atom. The summed E-state index contributed by atoms with van der Waals surface area (Å²) in [5, 5.41) is 9.97. The Hall–Kier alpha value is -3.95. The van der Waals surface area contributed by atoms with Crippen molar-refractivity contribution in [1.82, 2.24) is 5.32 Å². The van der Waals surface area contributed by atoms with Gasteiger partial charge in [0.1, 0.15) is 12.4 Å². The van der Waals surface area contributed by atoms with Crippen molar-refractivity contribution in [2.75, 3.05) is 30.3 Å². The van der Waals surface area contributed by atoms with Gasteiger partial charge in [-0.05, 0) is 77.6 Å². The molecule has 0 unspecified atom stereocenters. The highest BCUT2D eigenvalue weighted by Gasteiger charge is 2.39. The Labute approximate surface area is 276 Å². The molecular formula is C38H50N4O3Si. The monoisotopic (exact) mass is 638 g/mol. The van der Waals surface area contributed by atoms with E-state index in [4.69, 9.17) is 14.9 Å². The molecule has 0 aliphatic rings. The van der Waals surface area contributed by atoms with Gasteiger partial charge in [0.15, 0.2) is 8.32 Å². The summed E-state index contributed by atoms with van der Waals surface area (Å²) >= 11 is 0. The number of carbonyl (C=O) groups excluding carboxylic acids is 1. The van der Waals surface area contributed by atoms with Gasteiger partial charge in [-0.3, -0.25) is 4.79 Å². The predicted octanol–water partition coefficient (Wildman–Crippen LogP) is 7.84. The summed E-state index contributed by atoms with van der Waals surface area (Å²) in [4.78, 5) is 11.5. The fourth-order valence-corrected chi connectivity index (χ4v) is 6.13. The molecule has 46 heavy (non-hydrogen) atoms. The van der Waals surface area contributed by atoms with Crippen LogP contribution in [0.25, 0.3) is 0 Å². The van der Waals surface area contributed by atoms with E-state index in [0.717, 1.165) is 35.3 Å². The number of carbonyl (C=O) groups is 1. The first kappa shape index (κ1) is 34.9. The molecule has 5 N–H and O–H groups in total. The van der Waals surface area contributed by atoms with Crippen molar-refractivity contribution < 1.29 is 14.0 Å². The number of hydrogen-bond acceptors (Lipinski definition) is 6. The number of amides is 1. The predicted molar refractivity (Wildman–Crippen MR) is 193 cm³/mol. The summed E-state index contributed by atoms with van der Waals surface area (Å²) in [6.07, 6.45) is 1.40. The Kier molecular flexibility index (Phi) is 12.6. The van der Waals surface area contributed by atoms with Crippen molar-refractivity contribution in [3.05, 3.63) is 125 Å². The smallest absolute Gasteiger partial charge is 0.211 e. The Bertz CT molecular complexity index is 1490. The lowest BCUT2D eigenvalue weighted by atomic mass is 10.1. The van der Waals surface area contributed by atoms with E-state index in [9.17, 15) is 4.79 Å². The first-order valence-corrected chi connectivity index (χ1v) is 19.0. The molecule has 8 heteroatoms. The maximum atomic E-state index is 11.5. The minimum absolute atomic E-state index is 0.0503. The summed E-state index contributed by atoms with van der Waals surface area (Å²) in [5.74, 6) is 0.624. The molecule has 0 aliphatic carbocycles. The highest BCUT2D eigenvalue weighted by atomic mass is 28.4. The molecule has 244 valence electrons. The fraction of sp³-hybridized carbons (Fsp3) is 0.342. The molecule has 1 amide bonds. The standard InChI is InChI=1S/C38H50N4O3Si/c1-38(2,3)46(4,5)45-37(32-18-21-36(35(24-32)42-28-43)44-27-30-12-8-6-9-13-30)26-40-23-22-29-16-19-33(20-17-29)41-25-34(39)31-14-10-7-11-15-31/h6-21,24,28,34,37,40-41H,22-23,25-27,39H2,1-5H3,(H,42,43)/t34-,37+/m1/s1. The Balaban J connectivity index is 1.37. The number of nitrogens with one attached hydrogen (secondary N) is 3. The average Bonchev–Trinajstić information content (AvgIpc) is 3.05. The molecule has 0 heterocycles. The first-order valence-electron chi connectivity index (χ1n) is 16.1. The van der Waals surface area contributed by atoms with E-state index in [0.29, 0.717) is 37.5 Å². The van der Waals surface area contributed by atoms with Crippen molar-refractivity contribution in [2.24, 2.45) is 5.73 Å². The summed E-state index contributed by atoms with van der Waals surface area (Å²) in [6.45, 7) is 13.8. The van der Waals surface area contributed by atoms with E-state index in [2.05, 4.69) is 86.2 Å². The summed E-state index contributed by atoms with van der Waals surface area (Å²) in [5.41, 5.74) is 12.5. The Morgan fingerprint density at radius 1 is 0.826 bits per heavy atom. The van der Waals surface area contributed by atoms with E-state index in [1.807, 2.05) is 66.7 Å². The van der Waals surface area contributed by atoms with Gasteiger partial charge in [-0.15, -0.1) is 0 Å². The van der Waals surface area contributed by atoms with Crippen LogP contribution in [0.1, 0.15) is 55.2 Å². The van der Waals surface area contributed by atoms with Crippen LogP contribution in [0.3, 0.4) is 0 Å². The third-order valence-electron chi connectivity index (χ3n) is 8.70. The Morgan fingerprint density at radius 2 is 1.50 bits per heavy atom. The zero-order valence-corrected chi connectivity index (χ0v) is 28.9. The van der Waals surface area contributed by atoms with Gasteiger partial charge < -0.3 is 30.8 Å². The third kappa shape index (κ3) is 10.3. The van der Waals surface area contributed by atoms with E-state index in [1.54, 1.807) is 0 Å². The highest BCUT2D eigenvalue weighted by molar-refractivity contribution is 6.74. The van der Waals surface area contributed by atoms with Gasteiger partial charge in [0, 0.05) is 24.8 Å². The van der Waals surface area contributed by atoms with Gasteiger partial charge in [-0.1, -0.05) is 99.6 Å². The second kappa shape index (κ2) is 16.6. The lowest BCUT2D eigenvalue weighted by Gasteiger charge is -2.39. The van der Waals surface area contributed by atoms with Crippen LogP contribution < -0.4 is 26.4 Å². The molecule has 4 aromatic rings. The largest absolute Gasteiger partial charge is 0.487 e. The molecule has 7 nitrogen and oxygen atoms in total. The van der Waals surface area contributed by atoms with Gasteiger partial charge in [0.25, 0.3) is 0 Å². The molecule has 0 radical (unpaired) electrons.